The van der Waals surface area contributed by atoms with Crippen LogP contribution in [0, 0.1) is 0 Å². The van der Waals surface area contributed by atoms with Crippen LogP contribution in [0.5, 0.6) is 0 Å². The van der Waals surface area contributed by atoms with Crippen LogP contribution in [0.4, 0.5) is 0 Å². The van der Waals surface area contributed by atoms with Crippen LogP contribution >= 0.6 is 11.3 Å². The molecule has 1 fully saturated rings. The number of hydrogen-bond donors (Lipinski definition) is 1. The Kier molecular flexibility index (Phi) is 6.05. The first kappa shape index (κ1) is 19.0. The van der Waals surface area contributed by atoms with E-state index in [4.69, 9.17) is 4.52 Å². The molecule has 7 nitrogen and oxygen atoms in total. The van der Waals surface area contributed by atoms with Gasteiger partial charge in [-0.2, -0.15) is 4.98 Å². The molecule has 142 valence electrons. The minimum Gasteiger partial charge on any atom is -0.350 e. The van der Waals surface area contributed by atoms with Crippen LogP contribution < -0.4 is 5.32 Å². The van der Waals surface area contributed by atoms with Gasteiger partial charge in [0.25, 0.3) is 0 Å². The lowest BCUT2D eigenvalue weighted by molar-refractivity contribution is -0.123. The van der Waals surface area contributed by atoms with Crippen LogP contribution in [0.2, 0.25) is 0 Å². The molecule has 0 bridgehead atoms. The summed E-state index contributed by atoms with van der Waals surface area (Å²) in [6, 6.07) is 3.97. The molecule has 3 heterocycles. The number of nitrogens with zero attached hydrogens (tertiary/aromatic N) is 4. The summed E-state index contributed by atoms with van der Waals surface area (Å²) in [6.45, 7) is 10.8. The lowest BCUT2D eigenvalue weighted by atomic mass is 10.1. The fourth-order valence-corrected chi connectivity index (χ4v) is 3.67. The number of amides is 1. The number of hydrogen-bond acceptors (Lipinski definition) is 7. The summed E-state index contributed by atoms with van der Waals surface area (Å²) >= 11 is 1.61. The maximum atomic E-state index is 12.1. The van der Waals surface area contributed by atoms with Gasteiger partial charge in [0.15, 0.2) is 0 Å². The molecule has 0 aliphatic carbocycles. The molecule has 1 aliphatic heterocycles. The maximum Gasteiger partial charge on any atom is 0.241 e. The van der Waals surface area contributed by atoms with Gasteiger partial charge < -0.3 is 9.84 Å². The minimum atomic E-state index is -0.187. The third kappa shape index (κ3) is 5.62. The lowest BCUT2D eigenvalue weighted by Crippen LogP contribution is -2.46. The van der Waals surface area contributed by atoms with Gasteiger partial charge in [0.05, 0.1) is 18.0 Å². The van der Waals surface area contributed by atoms with Gasteiger partial charge >= 0.3 is 0 Å². The number of rotatable bonds is 5. The van der Waals surface area contributed by atoms with Crippen LogP contribution in [-0.2, 0) is 11.3 Å². The summed E-state index contributed by atoms with van der Waals surface area (Å²) in [4.78, 5) is 22.2. The predicted octanol–water partition coefficient (Wildman–Crippen LogP) is 2.22. The first-order valence-electron chi connectivity index (χ1n) is 9.01. The Morgan fingerprint density at radius 1 is 1.27 bits per heavy atom. The van der Waals surface area contributed by atoms with Crippen LogP contribution in [0.1, 0.15) is 33.1 Å². The third-order valence-electron chi connectivity index (χ3n) is 4.13. The zero-order valence-electron chi connectivity index (χ0n) is 15.7. The fraction of sp³-hybridized carbons (Fsp3) is 0.611. The molecule has 2 aromatic heterocycles. The topological polar surface area (TPSA) is 74.5 Å². The predicted molar refractivity (Wildman–Crippen MR) is 102 cm³/mol. The summed E-state index contributed by atoms with van der Waals surface area (Å²) in [5, 5.41) is 9.10. The van der Waals surface area contributed by atoms with Crippen LogP contribution in [0.3, 0.4) is 0 Å². The lowest BCUT2D eigenvalue weighted by Gasteiger charge is -2.24. The highest BCUT2D eigenvalue weighted by atomic mass is 32.1. The van der Waals surface area contributed by atoms with E-state index in [9.17, 15) is 4.79 Å². The Morgan fingerprint density at radius 3 is 2.77 bits per heavy atom. The van der Waals surface area contributed by atoms with E-state index < -0.39 is 0 Å². The molecule has 0 unspecified atom stereocenters. The molecule has 0 atom stereocenters. The van der Waals surface area contributed by atoms with E-state index in [-0.39, 0.29) is 11.4 Å². The van der Waals surface area contributed by atoms with E-state index in [1.165, 1.54) is 0 Å². The average Bonchev–Trinajstić information content (AvgIpc) is 3.17. The molecule has 8 heteroatoms. The van der Waals surface area contributed by atoms with Gasteiger partial charge in [0.2, 0.25) is 17.6 Å². The molecular formula is C18H27N5O2S. The van der Waals surface area contributed by atoms with Gasteiger partial charge in [-0.15, -0.1) is 11.3 Å². The molecule has 0 radical (unpaired) electrons. The zero-order chi connectivity index (χ0) is 18.6. The molecule has 1 N–H and O–H groups in total. The number of carbonyl (C=O) groups is 1. The van der Waals surface area contributed by atoms with Gasteiger partial charge in [-0.05, 0) is 51.7 Å². The van der Waals surface area contributed by atoms with E-state index in [1.54, 1.807) is 11.3 Å². The Balaban J connectivity index is 1.49. The molecule has 1 aliphatic rings. The average molecular weight is 378 g/mol. The highest BCUT2D eigenvalue weighted by molar-refractivity contribution is 7.13. The summed E-state index contributed by atoms with van der Waals surface area (Å²) < 4.78 is 5.40. The minimum absolute atomic E-state index is 0.0865. The van der Waals surface area contributed by atoms with E-state index in [0.717, 1.165) is 37.5 Å². The van der Waals surface area contributed by atoms with Crippen LogP contribution in [0.25, 0.3) is 10.7 Å². The largest absolute Gasteiger partial charge is 0.350 e. The number of carbonyl (C=O) groups excluding carboxylic acids is 1. The summed E-state index contributed by atoms with van der Waals surface area (Å²) in [5.74, 6) is 1.39. The molecule has 0 saturated carbocycles. The molecule has 0 aromatic carbocycles. The monoisotopic (exact) mass is 377 g/mol. The quantitative estimate of drug-likeness (QED) is 0.861. The van der Waals surface area contributed by atoms with Gasteiger partial charge in [-0.3, -0.25) is 14.6 Å². The first-order chi connectivity index (χ1) is 12.4. The summed E-state index contributed by atoms with van der Waals surface area (Å²) in [6.07, 6.45) is 1.02. The van der Waals surface area contributed by atoms with Crippen molar-refractivity contribution in [1.29, 1.82) is 0 Å². The SMILES string of the molecule is CC(C)(C)NC(=O)CN1CCCN(Cc2nc(-c3cccs3)no2)CC1. The number of nitrogens with one attached hydrogen (secondary N) is 1. The molecule has 1 amide bonds. The molecular weight excluding hydrogens is 350 g/mol. The van der Waals surface area contributed by atoms with E-state index >= 15 is 0 Å². The molecule has 3 rings (SSSR count). The van der Waals surface area contributed by atoms with Crippen molar-refractivity contribution in [2.45, 2.75) is 39.3 Å². The standard InChI is InChI=1S/C18H27N5O2S/c1-18(2,3)20-15(24)12-22-7-5-8-23(10-9-22)13-16-19-17(21-25-16)14-6-4-11-26-14/h4,6,11H,5,7-10,12-13H2,1-3H3,(H,20,24). The molecule has 2 aromatic rings. The van der Waals surface area contributed by atoms with Crippen molar-refractivity contribution in [3.8, 4) is 10.7 Å². The highest BCUT2D eigenvalue weighted by Crippen LogP contribution is 2.21. The number of aromatic nitrogens is 2. The maximum absolute atomic E-state index is 12.1. The Bertz CT molecular complexity index is 707. The summed E-state index contributed by atoms with van der Waals surface area (Å²) in [5.41, 5.74) is -0.187. The van der Waals surface area contributed by atoms with Crippen LogP contribution in [0.15, 0.2) is 22.0 Å². The van der Waals surface area contributed by atoms with Crippen molar-refractivity contribution in [2.24, 2.45) is 0 Å². The molecule has 0 spiro atoms. The van der Waals surface area contributed by atoms with Crippen molar-refractivity contribution >= 4 is 17.2 Å². The van der Waals surface area contributed by atoms with E-state index in [2.05, 4.69) is 25.3 Å². The summed E-state index contributed by atoms with van der Waals surface area (Å²) in [7, 11) is 0. The molecule has 26 heavy (non-hydrogen) atoms. The first-order valence-corrected chi connectivity index (χ1v) is 9.89. The second-order valence-corrected chi connectivity index (χ2v) is 8.64. The normalized spacial score (nSPS) is 17.2. The highest BCUT2D eigenvalue weighted by Gasteiger charge is 2.21. The van der Waals surface area contributed by atoms with E-state index in [0.29, 0.717) is 24.8 Å². The number of thiophene rings is 1. The van der Waals surface area contributed by atoms with Crippen molar-refractivity contribution in [1.82, 2.24) is 25.3 Å². The fourth-order valence-electron chi connectivity index (χ4n) is 3.02. The van der Waals surface area contributed by atoms with Crippen molar-refractivity contribution in [3.05, 3.63) is 23.4 Å². The van der Waals surface area contributed by atoms with Gasteiger partial charge in [-0.25, -0.2) is 0 Å². The second kappa shape index (κ2) is 8.28. The third-order valence-corrected chi connectivity index (χ3v) is 5.00. The van der Waals surface area contributed by atoms with Gasteiger partial charge in [-0.1, -0.05) is 11.2 Å². The van der Waals surface area contributed by atoms with Crippen molar-refractivity contribution in [2.75, 3.05) is 32.7 Å². The Morgan fingerprint density at radius 2 is 2.04 bits per heavy atom. The van der Waals surface area contributed by atoms with Crippen LogP contribution in [-0.4, -0.2) is 64.1 Å². The Labute approximate surface area is 158 Å². The van der Waals surface area contributed by atoms with Crippen molar-refractivity contribution < 1.29 is 9.32 Å². The van der Waals surface area contributed by atoms with Gasteiger partial charge in [0, 0.05) is 18.6 Å². The zero-order valence-corrected chi connectivity index (χ0v) is 16.5. The second-order valence-electron chi connectivity index (χ2n) is 7.69. The van der Waals surface area contributed by atoms with E-state index in [1.807, 2.05) is 38.3 Å². The Hall–Kier alpha value is -1.77. The molecule has 1 saturated heterocycles. The van der Waals surface area contributed by atoms with Crippen molar-refractivity contribution in [3.63, 3.8) is 0 Å². The van der Waals surface area contributed by atoms with Gasteiger partial charge in [0.1, 0.15) is 0 Å². The smallest absolute Gasteiger partial charge is 0.241 e.